The van der Waals surface area contributed by atoms with E-state index >= 15 is 0 Å². The topological polar surface area (TPSA) is 28.2 Å². The molecule has 0 unspecified atom stereocenters. The van der Waals surface area contributed by atoms with Crippen LogP contribution in [0.4, 0.5) is 9.52 Å². The number of benzene rings is 1. The van der Waals surface area contributed by atoms with Gasteiger partial charge in [0.25, 0.3) is 0 Å². The molecule has 1 N–H and O–H groups in total. The van der Waals surface area contributed by atoms with Crippen LogP contribution in [-0.4, -0.2) is 42.2 Å². The molecule has 1 aromatic carbocycles. The second kappa shape index (κ2) is 9.89. The fraction of sp³-hybridized carbons (Fsp3) is 0.696. The number of fused-ring (bicyclic) bond motifs is 2. The monoisotopic (exact) mass is 473 g/mol. The predicted molar refractivity (Wildman–Crippen MR) is 131 cm³/mol. The minimum Gasteiger partial charge on any atom is -0.361 e. The van der Waals surface area contributed by atoms with E-state index in [1.54, 1.807) is 22.5 Å². The van der Waals surface area contributed by atoms with E-state index in [2.05, 4.69) is 29.3 Å². The van der Waals surface area contributed by atoms with Gasteiger partial charge in [-0.1, -0.05) is 31.1 Å². The van der Waals surface area contributed by atoms with Crippen LogP contribution in [0.5, 0.6) is 0 Å². The molecule has 168 valence electrons. The van der Waals surface area contributed by atoms with Crippen molar-refractivity contribution in [1.82, 2.24) is 9.88 Å². The van der Waals surface area contributed by atoms with Gasteiger partial charge in [-0.25, -0.2) is 4.98 Å². The normalized spacial score (nSPS) is 27.5. The predicted octanol–water partition coefficient (Wildman–Crippen LogP) is 6.38. The third-order valence-corrected chi connectivity index (χ3v) is 8.54. The van der Waals surface area contributed by atoms with Gasteiger partial charge >= 0.3 is 0 Å². The molecule has 3 nitrogen and oxygen atoms in total. The number of thiazole rings is 1. The lowest BCUT2D eigenvalue weighted by Gasteiger charge is -2.59. The minimum atomic E-state index is -0.190. The zero-order chi connectivity index (χ0) is 19.1. The largest absolute Gasteiger partial charge is 0.361 e. The van der Waals surface area contributed by atoms with E-state index in [1.807, 2.05) is 0 Å². The van der Waals surface area contributed by atoms with Crippen molar-refractivity contribution in [2.24, 2.45) is 5.92 Å². The lowest BCUT2D eigenvalue weighted by Crippen LogP contribution is -2.61. The molecule has 3 aliphatic rings. The van der Waals surface area contributed by atoms with Crippen molar-refractivity contribution >= 4 is 51.5 Å². The highest BCUT2D eigenvalue weighted by atomic mass is 35.5. The highest BCUT2D eigenvalue weighted by Crippen LogP contribution is 2.56. The van der Waals surface area contributed by atoms with Crippen LogP contribution in [0.1, 0.15) is 63.0 Å². The second-order valence-electron chi connectivity index (χ2n) is 9.03. The van der Waals surface area contributed by atoms with Gasteiger partial charge in [0.15, 0.2) is 5.13 Å². The average molecular weight is 475 g/mol. The van der Waals surface area contributed by atoms with Crippen molar-refractivity contribution in [3.8, 4) is 0 Å². The van der Waals surface area contributed by atoms with Gasteiger partial charge in [0.05, 0.1) is 16.9 Å². The third-order valence-electron chi connectivity index (χ3n) is 7.56. The summed E-state index contributed by atoms with van der Waals surface area (Å²) in [6.45, 7) is 5.05. The van der Waals surface area contributed by atoms with E-state index in [4.69, 9.17) is 4.98 Å². The van der Waals surface area contributed by atoms with Crippen LogP contribution in [0.15, 0.2) is 12.1 Å². The van der Waals surface area contributed by atoms with Gasteiger partial charge in [0.1, 0.15) is 0 Å². The van der Waals surface area contributed by atoms with Crippen LogP contribution in [0.3, 0.4) is 0 Å². The molecular formula is C23H34Cl2FN3S. The maximum absolute atomic E-state index is 12.9. The smallest absolute Gasteiger partial charge is 0.183 e. The summed E-state index contributed by atoms with van der Waals surface area (Å²) < 4.78 is 14.2. The van der Waals surface area contributed by atoms with Crippen LogP contribution < -0.4 is 5.32 Å². The summed E-state index contributed by atoms with van der Waals surface area (Å²) in [4.78, 5) is 7.54. The Morgan fingerprint density at radius 3 is 2.93 bits per heavy atom. The van der Waals surface area contributed by atoms with Gasteiger partial charge in [-0.2, -0.15) is 0 Å². The van der Waals surface area contributed by atoms with Crippen molar-refractivity contribution in [1.29, 1.82) is 0 Å². The fourth-order valence-corrected chi connectivity index (χ4v) is 7.30. The molecule has 2 aromatic rings. The summed E-state index contributed by atoms with van der Waals surface area (Å²) in [5, 5.41) is 4.53. The first-order valence-electron chi connectivity index (χ1n) is 11.2. The lowest BCUT2D eigenvalue weighted by atomic mass is 9.52. The molecule has 30 heavy (non-hydrogen) atoms. The van der Waals surface area contributed by atoms with Gasteiger partial charge in [-0.05, 0) is 74.2 Å². The summed E-state index contributed by atoms with van der Waals surface area (Å²) in [5.41, 5.74) is 4.68. The number of hydrogen-bond donors (Lipinski definition) is 1. The summed E-state index contributed by atoms with van der Waals surface area (Å²) in [7, 11) is 0. The van der Waals surface area contributed by atoms with Crippen LogP contribution in [-0.2, 0) is 11.8 Å². The molecule has 2 heterocycles. The number of aromatic nitrogens is 1. The SMILES string of the molecule is CCCNc1nc2cc3c(cc2s1)C[C@@H]1[C@@H]2CCCC[C@]32CCN1CCCF.Cl.Cl. The first-order chi connectivity index (χ1) is 13.7. The Labute approximate surface area is 196 Å². The molecule has 2 aliphatic carbocycles. The number of halogens is 3. The maximum Gasteiger partial charge on any atom is 0.183 e. The first-order valence-corrected chi connectivity index (χ1v) is 12.0. The third kappa shape index (κ3) is 3.96. The Balaban J connectivity index is 0.00000128. The maximum atomic E-state index is 12.9. The van der Waals surface area contributed by atoms with Crippen LogP contribution in [0, 0.1) is 5.92 Å². The number of hydrogen-bond acceptors (Lipinski definition) is 4. The highest BCUT2D eigenvalue weighted by molar-refractivity contribution is 7.22. The standard InChI is InChI=1S/C23H32FN3S.2ClH/c1-2-10-25-22-26-19-15-18-16(14-21(19)28-22)13-20-17-6-3-4-7-23(17,18)8-12-27(20)11-5-9-24;;/h14-15,17,20H,2-13H2,1H3,(H,25,26);2*1H/t17-,20+,23+;;/m0../s1. The molecule has 1 saturated carbocycles. The van der Waals surface area contributed by atoms with E-state index in [0.717, 1.165) is 43.5 Å². The average Bonchev–Trinajstić information content (AvgIpc) is 3.12. The second-order valence-corrected chi connectivity index (χ2v) is 10.1. The molecule has 3 atom stereocenters. The number of nitrogens with one attached hydrogen (secondary N) is 1. The van der Waals surface area contributed by atoms with E-state index in [1.165, 1.54) is 42.3 Å². The van der Waals surface area contributed by atoms with Crippen LogP contribution in [0.25, 0.3) is 10.2 Å². The number of alkyl halides is 1. The van der Waals surface area contributed by atoms with Crippen molar-refractivity contribution < 1.29 is 4.39 Å². The van der Waals surface area contributed by atoms with Crippen LogP contribution >= 0.6 is 36.2 Å². The van der Waals surface area contributed by atoms with Gasteiger partial charge in [0.2, 0.25) is 0 Å². The first kappa shape index (κ1) is 24.0. The lowest BCUT2D eigenvalue weighted by molar-refractivity contribution is -0.0121. The Morgan fingerprint density at radius 2 is 2.13 bits per heavy atom. The van der Waals surface area contributed by atoms with Crippen molar-refractivity contribution in [3.63, 3.8) is 0 Å². The molecule has 7 heteroatoms. The zero-order valence-corrected chi connectivity index (χ0v) is 20.2. The molecule has 0 spiro atoms. The van der Waals surface area contributed by atoms with Crippen molar-refractivity contribution in [2.75, 3.05) is 31.6 Å². The number of anilines is 1. The van der Waals surface area contributed by atoms with Gasteiger partial charge in [-0.3, -0.25) is 9.29 Å². The van der Waals surface area contributed by atoms with Crippen molar-refractivity contribution in [3.05, 3.63) is 23.3 Å². The zero-order valence-electron chi connectivity index (χ0n) is 17.8. The Hall–Kier alpha value is -0.620. The van der Waals surface area contributed by atoms with Gasteiger partial charge in [-0.15, -0.1) is 24.8 Å². The fourth-order valence-electron chi connectivity index (χ4n) is 6.36. The molecule has 0 radical (unpaired) electrons. The van der Waals surface area contributed by atoms with E-state index < -0.39 is 0 Å². The number of piperidine rings is 1. The molecule has 2 fully saturated rings. The quantitative estimate of drug-likeness (QED) is 0.527. The summed E-state index contributed by atoms with van der Waals surface area (Å²) in [6.07, 6.45) is 9.56. The Morgan fingerprint density at radius 1 is 1.27 bits per heavy atom. The summed E-state index contributed by atoms with van der Waals surface area (Å²) >= 11 is 1.79. The molecular weight excluding hydrogens is 440 g/mol. The molecule has 2 bridgehead atoms. The molecule has 1 aromatic heterocycles. The van der Waals surface area contributed by atoms with E-state index in [-0.39, 0.29) is 31.5 Å². The molecule has 0 amide bonds. The van der Waals surface area contributed by atoms with Gasteiger partial charge < -0.3 is 5.32 Å². The molecule has 1 saturated heterocycles. The summed E-state index contributed by atoms with van der Waals surface area (Å²) in [6, 6.07) is 5.50. The molecule has 5 rings (SSSR count). The minimum absolute atomic E-state index is 0. The number of likely N-dealkylation sites (tertiary alicyclic amines) is 1. The molecule has 1 aliphatic heterocycles. The van der Waals surface area contributed by atoms with Gasteiger partial charge in [0, 0.05) is 24.5 Å². The van der Waals surface area contributed by atoms with E-state index in [0.29, 0.717) is 17.9 Å². The summed E-state index contributed by atoms with van der Waals surface area (Å²) in [5.74, 6) is 0.746. The highest BCUT2D eigenvalue weighted by Gasteiger charge is 2.53. The number of rotatable bonds is 6. The van der Waals surface area contributed by atoms with Crippen molar-refractivity contribution in [2.45, 2.75) is 69.7 Å². The Kier molecular flexibility index (Phi) is 7.92. The Bertz CT molecular complexity index is 860. The van der Waals surface area contributed by atoms with Crippen LogP contribution in [0.2, 0.25) is 0 Å². The number of nitrogens with zero attached hydrogens (tertiary/aromatic N) is 2. The van der Waals surface area contributed by atoms with E-state index in [9.17, 15) is 4.39 Å².